The van der Waals surface area contributed by atoms with Gasteiger partial charge < -0.3 is 5.32 Å². The first-order valence-corrected chi connectivity index (χ1v) is 11.4. The van der Waals surface area contributed by atoms with Gasteiger partial charge in [-0.3, -0.25) is 0 Å². The highest BCUT2D eigenvalue weighted by molar-refractivity contribution is 7.12. The molecule has 2 heterocycles. The first kappa shape index (κ1) is 16.2. The minimum atomic E-state index is 0.166. The Morgan fingerprint density at radius 2 is 1.78 bits per heavy atom. The first-order chi connectivity index (χ1) is 13.1. The van der Waals surface area contributed by atoms with Crippen molar-refractivity contribution >= 4 is 22.5 Å². The second-order valence-electron chi connectivity index (χ2n) is 9.18. The number of aryl methyl sites for hydroxylation is 2. The Labute approximate surface area is 166 Å². The van der Waals surface area contributed by atoms with Crippen molar-refractivity contribution in [3.05, 3.63) is 68.6 Å². The largest absolute Gasteiger partial charge is 0.381 e. The number of thiophene rings is 1. The molecule has 4 aliphatic carbocycles. The van der Waals surface area contributed by atoms with Gasteiger partial charge in [0.15, 0.2) is 0 Å². The molecule has 0 saturated carbocycles. The molecule has 2 unspecified atom stereocenters. The summed E-state index contributed by atoms with van der Waals surface area (Å²) in [6, 6.07) is 0.451. The van der Waals surface area contributed by atoms with Crippen molar-refractivity contribution in [1.82, 2.24) is 5.32 Å². The Morgan fingerprint density at radius 3 is 2.70 bits per heavy atom. The van der Waals surface area contributed by atoms with Crippen LogP contribution in [-0.2, 0) is 12.8 Å². The van der Waals surface area contributed by atoms with Crippen LogP contribution in [0.25, 0.3) is 11.1 Å². The van der Waals surface area contributed by atoms with Crippen LogP contribution in [0.15, 0.2) is 47.7 Å². The van der Waals surface area contributed by atoms with Crippen LogP contribution < -0.4 is 5.32 Å². The van der Waals surface area contributed by atoms with Crippen LogP contribution >= 0.6 is 11.3 Å². The van der Waals surface area contributed by atoms with Crippen molar-refractivity contribution in [2.45, 2.75) is 58.4 Å². The van der Waals surface area contributed by atoms with E-state index in [0.717, 1.165) is 0 Å². The second kappa shape index (κ2) is 5.61. The minimum absolute atomic E-state index is 0.166. The maximum absolute atomic E-state index is 3.94. The highest BCUT2D eigenvalue weighted by Crippen LogP contribution is 2.57. The van der Waals surface area contributed by atoms with Gasteiger partial charge in [0.25, 0.3) is 0 Å². The highest BCUT2D eigenvalue weighted by Gasteiger charge is 2.46. The molecule has 1 aromatic heterocycles. The fourth-order valence-electron chi connectivity index (χ4n) is 6.12. The predicted molar refractivity (Wildman–Crippen MR) is 116 cm³/mol. The van der Waals surface area contributed by atoms with Gasteiger partial charge in [0, 0.05) is 32.3 Å². The van der Waals surface area contributed by atoms with E-state index in [1.54, 1.807) is 37.6 Å². The van der Waals surface area contributed by atoms with Crippen LogP contribution in [-0.4, -0.2) is 6.04 Å². The van der Waals surface area contributed by atoms with Crippen molar-refractivity contribution in [1.29, 1.82) is 0 Å². The van der Waals surface area contributed by atoms with Crippen molar-refractivity contribution in [2.75, 3.05) is 0 Å². The topological polar surface area (TPSA) is 12.0 Å². The molecule has 5 aliphatic rings. The van der Waals surface area contributed by atoms with Gasteiger partial charge >= 0.3 is 0 Å². The molecule has 1 aliphatic heterocycles. The van der Waals surface area contributed by atoms with Crippen LogP contribution in [0.4, 0.5) is 0 Å². The standard InChI is InChI=1S/C25H27NS/c1-25(2)17-9-5-6-10-18(17)26-19-12-14-21-23(24(19)25)22-16-8-4-3-7-15(16)11-13-20(22)27-21/h3,5-7,9-10,17-18,26H,4,8,11-14H2,1-2H3. The molecule has 0 fully saturated rings. The molecular weight excluding hydrogens is 346 g/mol. The molecule has 0 amide bonds. The molecule has 2 heteroatoms. The SMILES string of the molecule is CC1(C)C2=C(CCc3sc4c(c32)C2=C(C=CCC2)CC4)NC2C=CC=CC21. The lowest BCUT2D eigenvalue weighted by molar-refractivity contribution is 0.283. The van der Waals surface area contributed by atoms with Gasteiger partial charge in [0.05, 0.1) is 6.04 Å². The number of hydrogen-bond donors (Lipinski definition) is 1. The number of hydrogen-bond acceptors (Lipinski definition) is 2. The maximum Gasteiger partial charge on any atom is 0.0515 e. The summed E-state index contributed by atoms with van der Waals surface area (Å²) >= 11 is 2.13. The number of rotatable bonds is 0. The Bertz CT molecular complexity index is 992. The number of nitrogens with one attached hydrogen (secondary N) is 1. The smallest absolute Gasteiger partial charge is 0.0515 e. The van der Waals surface area contributed by atoms with Gasteiger partial charge in [-0.1, -0.05) is 50.3 Å². The van der Waals surface area contributed by atoms with Crippen molar-refractivity contribution in [3.8, 4) is 0 Å². The zero-order valence-electron chi connectivity index (χ0n) is 16.3. The molecule has 2 atom stereocenters. The van der Waals surface area contributed by atoms with E-state index in [1.165, 1.54) is 44.2 Å². The third-order valence-electron chi connectivity index (χ3n) is 7.35. The predicted octanol–water partition coefficient (Wildman–Crippen LogP) is 6.20. The molecule has 1 N–H and O–H groups in total. The Morgan fingerprint density at radius 1 is 0.963 bits per heavy atom. The fourth-order valence-corrected chi connectivity index (χ4v) is 7.46. The van der Waals surface area contributed by atoms with E-state index < -0.39 is 0 Å². The second-order valence-corrected chi connectivity index (χ2v) is 10.4. The van der Waals surface area contributed by atoms with E-state index in [1.807, 2.05) is 0 Å². The van der Waals surface area contributed by atoms with Crippen LogP contribution in [0, 0.1) is 11.3 Å². The lowest BCUT2D eigenvalue weighted by Crippen LogP contribution is -2.48. The lowest BCUT2D eigenvalue weighted by Gasteiger charge is -2.48. The lowest BCUT2D eigenvalue weighted by atomic mass is 9.61. The minimum Gasteiger partial charge on any atom is -0.381 e. The molecular formula is C25H27NS. The molecule has 0 radical (unpaired) electrons. The molecule has 0 spiro atoms. The average Bonchev–Trinajstić information content (AvgIpc) is 3.07. The van der Waals surface area contributed by atoms with E-state index >= 15 is 0 Å². The molecule has 6 rings (SSSR count). The Hall–Kier alpha value is -1.80. The third kappa shape index (κ3) is 2.17. The quantitative estimate of drug-likeness (QED) is 0.571. The van der Waals surface area contributed by atoms with E-state index in [2.05, 4.69) is 67.0 Å². The fraction of sp³-hybridized carbons (Fsp3) is 0.440. The first-order valence-electron chi connectivity index (χ1n) is 10.5. The van der Waals surface area contributed by atoms with E-state index in [4.69, 9.17) is 0 Å². The molecule has 0 bridgehead atoms. The molecule has 1 nitrogen and oxygen atoms in total. The van der Waals surface area contributed by atoms with Crippen LogP contribution in [0.3, 0.4) is 0 Å². The van der Waals surface area contributed by atoms with Gasteiger partial charge in [-0.2, -0.15) is 0 Å². The van der Waals surface area contributed by atoms with Gasteiger partial charge in [0.1, 0.15) is 0 Å². The summed E-state index contributed by atoms with van der Waals surface area (Å²) in [7, 11) is 0. The molecule has 0 aromatic carbocycles. The summed E-state index contributed by atoms with van der Waals surface area (Å²) < 4.78 is 0. The zero-order valence-corrected chi connectivity index (χ0v) is 17.1. The summed E-state index contributed by atoms with van der Waals surface area (Å²) in [5.41, 5.74) is 9.89. The van der Waals surface area contributed by atoms with Gasteiger partial charge in [-0.05, 0) is 60.8 Å². The summed E-state index contributed by atoms with van der Waals surface area (Å²) in [6.45, 7) is 4.98. The summed E-state index contributed by atoms with van der Waals surface area (Å²) in [5.74, 6) is 0.533. The van der Waals surface area contributed by atoms with E-state index in [-0.39, 0.29) is 5.41 Å². The van der Waals surface area contributed by atoms with Crippen LogP contribution in [0.2, 0.25) is 0 Å². The molecule has 27 heavy (non-hydrogen) atoms. The van der Waals surface area contributed by atoms with Gasteiger partial charge in [-0.15, -0.1) is 11.3 Å². The number of fused-ring (bicyclic) bond motifs is 6. The zero-order chi connectivity index (χ0) is 18.2. The Balaban J connectivity index is 1.59. The van der Waals surface area contributed by atoms with E-state index in [0.29, 0.717) is 12.0 Å². The van der Waals surface area contributed by atoms with Crippen LogP contribution in [0.5, 0.6) is 0 Å². The molecule has 1 aromatic rings. The highest BCUT2D eigenvalue weighted by atomic mass is 32.1. The summed E-state index contributed by atoms with van der Waals surface area (Å²) in [5, 5.41) is 3.94. The summed E-state index contributed by atoms with van der Waals surface area (Å²) in [4.78, 5) is 3.32. The van der Waals surface area contributed by atoms with E-state index in [9.17, 15) is 0 Å². The van der Waals surface area contributed by atoms with Gasteiger partial charge in [-0.25, -0.2) is 0 Å². The summed E-state index contributed by atoms with van der Waals surface area (Å²) in [6.07, 6.45) is 21.3. The van der Waals surface area contributed by atoms with Crippen LogP contribution in [0.1, 0.15) is 60.4 Å². The van der Waals surface area contributed by atoms with Crippen molar-refractivity contribution in [2.24, 2.45) is 11.3 Å². The third-order valence-corrected chi connectivity index (χ3v) is 8.66. The number of allylic oxidation sites excluding steroid dienone is 8. The molecule has 0 saturated heterocycles. The normalized spacial score (nSPS) is 29.6. The van der Waals surface area contributed by atoms with Gasteiger partial charge in [0.2, 0.25) is 0 Å². The van der Waals surface area contributed by atoms with Crippen molar-refractivity contribution in [3.63, 3.8) is 0 Å². The average molecular weight is 374 g/mol. The maximum atomic E-state index is 3.94. The monoisotopic (exact) mass is 373 g/mol. The molecule has 138 valence electrons. The van der Waals surface area contributed by atoms with Crippen molar-refractivity contribution < 1.29 is 0 Å². The Kier molecular flexibility index (Phi) is 3.36.